The van der Waals surface area contributed by atoms with Gasteiger partial charge in [0.25, 0.3) is 0 Å². The molecule has 3 N–H and O–H groups in total. The number of carbonyl (C=O) groups is 4. The van der Waals surface area contributed by atoms with E-state index in [4.69, 9.17) is 37.0 Å². The number of carbonyl (C=O) groups excluding carboxylic acids is 4. The molecule has 0 aromatic rings. The first-order chi connectivity index (χ1) is 45.5. The fourth-order valence-electron chi connectivity index (χ4n) is 11.0. The Morgan fingerprint density at radius 3 is 0.872 bits per heavy atom. The van der Waals surface area contributed by atoms with E-state index in [9.17, 15) is 43.2 Å². The van der Waals surface area contributed by atoms with E-state index in [1.54, 1.807) is 0 Å². The van der Waals surface area contributed by atoms with Crippen LogP contribution in [0, 0.1) is 5.92 Å². The number of phosphoric acid groups is 2. The summed E-state index contributed by atoms with van der Waals surface area (Å²) < 4.78 is 68.3. The predicted molar refractivity (Wildman–Crippen MR) is 381 cm³/mol. The molecule has 0 aromatic heterocycles. The number of phosphoric ester groups is 2. The van der Waals surface area contributed by atoms with Crippen molar-refractivity contribution >= 4 is 39.5 Å². The van der Waals surface area contributed by atoms with Gasteiger partial charge in [-0.05, 0) is 57.3 Å². The zero-order chi connectivity index (χ0) is 69.1. The maximum Gasteiger partial charge on any atom is 0.472 e. The van der Waals surface area contributed by atoms with Crippen LogP contribution >= 0.6 is 15.6 Å². The van der Waals surface area contributed by atoms with Gasteiger partial charge in [0.15, 0.2) is 12.2 Å². The molecule has 0 bridgehead atoms. The lowest BCUT2D eigenvalue weighted by atomic mass is 10.0. The summed E-state index contributed by atoms with van der Waals surface area (Å²) in [4.78, 5) is 72.5. The fourth-order valence-corrected chi connectivity index (χ4v) is 12.6. The van der Waals surface area contributed by atoms with Crippen LogP contribution in [-0.4, -0.2) is 96.7 Å². The zero-order valence-electron chi connectivity index (χ0n) is 60.6. The molecule has 19 heteroatoms. The molecule has 94 heavy (non-hydrogen) atoms. The third kappa shape index (κ3) is 68.1. The van der Waals surface area contributed by atoms with Crippen molar-refractivity contribution in [3.8, 4) is 0 Å². The van der Waals surface area contributed by atoms with Gasteiger partial charge in [-0.25, -0.2) is 9.13 Å². The Labute approximate surface area is 573 Å². The van der Waals surface area contributed by atoms with Crippen LogP contribution in [0.3, 0.4) is 0 Å². The first kappa shape index (κ1) is 91.5. The summed E-state index contributed by atoms with van der Waals surface area (Å²) in [5.74, 6) is -1.49. The van der Waals surface area contributed by atoms with Crippen molar-refractivity contribution in [2.45, 2.75) is 387 Å². The average Bonchev–Trinajstić information content (AvgIpc) is 1.87. The van der Waals surface area contributed by atoms with Crippen molar-refractivity contribution in [3.63, 3.8) is 0 Å². The van der Waals surface area contributed by atoms with E-state index in [0.29, 0.717) is 31.6 Å². The Balaban J connectivity index is 5.18. The highest BCUT2D eigenvalue weighted by molar-refractivity contribution is 7.47. The van der Waals surface area contributed by atoms with Gasteiger partial charge in [-0.1, -0.05) is 316 Å². The van der Waals surface area contributed by atoms with Gasteiger partial charge in [0.1, 0.15) is 19.3 Å². The molecular formula is C75H142O17P2. The second kappa shape index (κ2) is 67.7. The Bertz CT molecular complexity index is 1900. The molecule has 0 aliphatic heterocycles. The summed E-state index contributed by atoms with van der Waals surface area (Å²) in [6.07, 6.45) is 59.6. The highest BCUT2D eigenvalue weighted by Crippen LogP contribution is 2.45. The van der Waals surface area contributed by atoms with E-state index in [1.807, 2.05) is 0 Å². The summed E-state index contributed by atoms with van der Waals surface area (Å²) in [5.41, 5.74) is 0. The van der Waals surface area contributed by atoms with Gasteiger partial charge in [-0.3, -0.25) is 37.3 Å². The normalized spacial score (nSPS) is 14.1. The highest BCUT2D eigenvalue weighted by atomic mass is 31.2. The second-order valence-electron chi connectivity index (χ2n) is 26.8. The monoisotopic (exact) mass is 1380 g/mol. The number of hydrogen-bond donors (Lipinski definition) is 3. The molecule has 0 aromatic carbocycles. The van der Waals surface area contributed by atoms with Crippen LogP contribution in [0.2, 0.25) is 0 Å². The standard InChI is InChI=1S/C75H142O17P2/c1-6-9-12-15-18-21-23-25-27-28-29-30-31-32-33-35-37-39-41-44-50-55-60-74(79)91-70(64-86-73(78)59-54-49-43-40-38-36-34-26-24-22-19-16-13-10-7-2)66-89-93(81,82)87-62-69(76)63-88-94(83,84)90-67-71(65-85-72(77)58-53-48-42-20-17-14-11-8-3)92-75(80)61-56-51-46-45-47-52-57-68(4)5/h22,24,26,34,68-71,76H,6-21,23,25,27-33,35-67H2,1-5H3,(H,81,82)(H,83,84)/b24-22-,34-26-/t69-,70-,71-/m1/s1. The molecule has 0 fully saturated rings. The van der Waals surface area contributed by atoms with Crippen molar-refractivity contribution in [1.29, 1.82) is 0 Å². The van der Waals surface area contributed by atoms with Crippen molar-refractivity contribution < 1.29 is 80.2 Å². The van der Waals surface area contributed by atoms with Gasteiger partial charge in [0, 0.05) is 25.7 Å². The Morgan fingerprint density at radius 1 is 0.330 bits per heavy atom. The van der Waals surface area contributed by atoms with Crippen LogP contribution in [0.25, 0.3) is 0 Å². The van der Waals surface area contributed by atoms with E-state index in [0.717, 1.165) is 116 Å². The molecule has 0 heterocycles. The van der Waals surface area contributed by atoms with Crippen LogP contribution < -0.4 is 0 Å². The van der Waals surface area contributed by atoms with E-state index in [-0.39, 0.29) is 25.7 Å². The number of ether oxygens (including phenoxy) is 4. The van der Waals surface area contributed by atoms with Gasteiger partial charge in [-0.2, -0.15) is 0 Å². The van der Waals surface area contributed by atoms with Crippen molar-refractivity contribution in [2.24, 2.45) is 5.92 Å². The predicted octanol–water partition coefficient (Wildman–Crippen LogP) is 21.6. The minimum atomic E-state index is -4.96. The van der Waals surface area contributed by atoms with Crippen LogP contribution in [0.15, 0.2) is 24.3 Å². The molecule has 0 aliphatic rings. The van der Waals surface area contributed by atoms with Crippen LogP contribution in [-0.2, 0) is 65.4 Å². The zero-order valence-corrected chi connectivity index (χ0v) is 62.4. The largest absolute Gasteiger partial charge is 0.472 e. The summed E-state index contributed by atoms with van der Waals surface area (Å²) in [5, 5.41) is 10.6. The number of rotatable bonds is 73. The number of hydrogen-bond acceptors (Lipinski definition) is 15. The summed E-state index contributed by atoms with van der Waals surface area (Å²) in [6.45, 7) is 7.08. The second-order valence-corrected chi connectivity index (χ2v) is 29.7. The first-order valence-corrected chi connectivity index (χ1v) is 41.4. The van der Waals surface area contributed by atoms with Gasteiger partial charge < -0.3 is 33.8 Å². The molecule has 0 rings (SSSR count). The lowest BCUT2D eigenvalue weighted by Crippen LogP contribution is -2.30. The quantitative estimate of drug-likeness (QED) is 0.0169. The smallest absolute Gasteiger partial charge is 0.462 e. The Hall–Kier alpha value is -2.46. The summed E-state index contributed by atoms with van der Waals surface area (Å²) in [6, 6.07) is 0. The molecule has 0 aliphatic carbocycles. The van der Waals surface area contributed by atoms with Crippen molar-refractivity contribution in [3.05, 3.63) is 24.3 Å². The lowest BCUT2D eigenvalue weighted by molar-refractivity contribution is -0.161. The number of allylic oxidation sites excluding steroid dienone is 4. The molecule has 0 saturated carbocycles. The maximum absolute atomic E-state index is 13.1. The topological polar surface area (TPSA) is 237 Å². The molecular weight excluding hydrogens is 1230 g/mol. The third-order valence-electron chi connectivity index (χ3n) is 16.9. The van der Waals surface area contributed by atoms with Crippen molar-refractivity contribution in [1.82, 2.24) is 0 Å². The summed E-state index contributed by atoms with van der Waals surface area (Å²) in [7, 11) is -9.91. The van der Waals surface area contributed by atoms with Crippen molar-refractivity contribution in [2.75, 3.05) is 39.6 Å². The minimum Gasteiger partial charge on any atom is -0.462 e. The van der Waals surface area contributed by atoms with Gasteiger partial charge in [-0.15, -0.1) is 0 Å². The van der Waals surface area contributed by atoms with Gasteiger partial charge in [0.05, 0.1) is 26.4 Å². The van der Waals surface area contributed by atoms with E-state index >= 15 is 0 Å². The minimum absolute atomic E-state index is 0.0999. The molecule has 17 nitrogen and oxygen atoms in total. The molecule has 0 amide bonds. The molecule has 5 atom stereocenters. The van der Waals surface area contributed by atoms with E-state index in [1.165, 1.54) is 167 Å². The fraction of sp³-hybridized carbons (Fsp3) is 0.893. The van der Waals surface area contributed by atoms with Gasteiger partial charge in [0.2, 0.25) is 0 Å². The van der Waals surface area contributed by atoms with Gasteiger partial charge >= 0.3 is 39.5 Å². The Morgan fingerprint density at radius 2 is 0.574 bits per heavy atom. The SMILES string of the molecule is CCCCCC/C=C\C=C/CCCCCCCC(=O)OC[C@H](COP(=O)(O)OC[C@@H](O)COP(=O)(O)OC[C@@H](COC(=O)CCCCCCCCCC)OC(=O)CCCCCCCCC(C)C)OC(=O)CCCCCCCCCCCCCCCCCCCCCCCC. The van der Waals surface area contributed by atoms with Crippen LogP contribution in [0.4, 0.5) is 0 Å². The first-order valence-electron chi connectivity index (χ1n) is 38.5. The molecule has 0 saturated heterocycles. The number of esters is 4. The maximum atomic E-state index is 13.1. The van der Waals surface area contributed by atoms with E-state index in [2.05, 4.69) is 58.9 Å². The third-order valence-corrected chi connectivity index (χ3v) is 18.8. The molecule has 554 valence electrons. The number of aliphatic hydroxyl groups is 1. The van der Waals surface area contributed by atoms with E-state index < -0.39 is 97.5 Å². The molecule has 2 unspecified atom stereocenters. The highest BCUT2D eigenvalue weighted by Gasteiger charge is 2.30. The Kier molecular flexibility index (Phi) is 65.9. The summed E-state index contributed by atoms with van der Waals surface area (Å²) >= 11 is 0. The molecule has 0 radical (unpaired) electrons. The van der Waals surface area contributed by atoms with Crippen LogP contribution in [0.1, 0.15) is 369 Å². The van der Waals surface area contributed by atoms with Crippen LogP contribution in [0.5, 0.6) is 0 Å². The average molecular weight is 1380 g/mol. The number of unbranched alkanes of at least 4 members (excludes halogenated alkanes) is 42. The number of aliphatic hydroxyl groups excluding tert-OH is 1. The lowest BCUT2D eigenvalue weighted by Gasteiger charge is -2.21. The molecule has 0 spiro atoms.